The van der Waals surface area contributed by atoms with Crippen molar-refractivity contribution in [2.24, 2.45) is 0 Å². The Hall–Kier alpha value is -1.13. The minimum Gasteiger partial charge on any atom is -0.395 e. The second-order valence-electron chi connectivity index (χ2n) is 4.70. The SMILES string of the molecule is CCC(CC)N(CCO)c1ccc(CNC)cc1F. The average Bonchev–Trinajstić information content (AvgIpc) is 2.40. The van der Waals surface area contributed by atoms with Crippen molar-refractivity contribution in [2.45, 2.75) is 39.3 Å². The van der Waals surface area contributed by atoms with Crippen molar-refractivity contribution in [2.75, 3.05) is 25.1 Å². The number of rotatable bonds is 8. The van der Waals surface area contributed by atoms with Crippen molar-refractivity contribution in [3.8, 4) is 0 Å². The molecule has 3 nitrogen and oxygen atoms in total. The Kier molecular flexibility index (Phi) is 6.81. The fourth-order valence-corrected chi connectivity index (χ4v) is 2.43. The van der Waals surface area contributed by atoms with Gasteiger partial charge in [0.05, 0.1) is 12.3 Å². The van der Waals surface area contributed by atoms with E-state index in [1.807, 2.05) is 24.1 Å². The van der Waals surface area contributed by atoms with Crippen LogP contribution >= 0.6 is 0 Å². The number of aliphatic hydroxyl groups excluding tert-OH is 1. The van der Waals surface area contributed by atoms with E-state index in [1.165, 1.54) is 0 Å². The van der Waals surface area contributed by atoms with Crippen LogP contribution in [0.3, 0.4) is 0 Å². The van der Waals surface area contributed by atoms with Crippen LogP contribution in [0, 0.1) is 5.82 Å². The molecule has 0 aliphatic carbocycles. The lowest BCUT2D eigenvalue weighted by atomic mass is 10.1. The van der Waals surface area contributed by atoms with Gasteiger partial charge in [0.25, 0.3) is 0 Å². The number of nitrogens with one attached hydrogen (secondary N) is 1. The predicted molar refractivity (Wildman–Crippen MR) is 78.0 cm³/mol. The lowest BCUT2D eigenvalue weighted by Gasteiger charge is -2.32. The largest absolute Gasteiger partial charge is 0.395 e. The van der Waals surface area contributed by atoms with Gasteiger partial charge in [-0.15, -0.1) is 0 Å². The van der Waals surface area contributed by atoms with Gasteiger partial charge < -0.3 is 15.3 Å². The first-order valence-electron chi connectivity index (χ1n) is 6.98. The number of nitrogens with zero attached hydrogens (tertiary/aromatic N) is 1. The smallest absolute Gasteiger partial charge is 0.146 e. The number of anilines is 1. The van der Waals surface area contributed by atoms with Gasteiger partial charge in [-0.05, 0) is 37.6 Å². The van der Waals surface area contributed by atoms with Crippen LogP contribution in [-0.4, -0.2) is 31.3 Å². The topological polar surface area (TPSA) is 35.5 Å². The summed E-state index contributed by atoms with van der Waals surface area (Å²) in [6.07, 6.45) is 1.88. The van der Waals surface area contributed by atoms with E-state index in [-0.39, 0.29) is 18.5 Å². The minimum atomic E-state index is -0.215. The molecule has 0 radical (unpaired) electrons. The standard InChI is InChI=1S/C15H25FN2O/c1-4-13(5-2)18(8-9-19)15-7-6-12(11-17-3)10-14(15)16/h6-7,10,13,17,19H,4-5,8-9,11H2,1-3H3. The van der Waals surface area contributed by atoms with Crippen molar-refractivity contribution in [1.29, 1.82) is 0 Å². The van der Waals surface area contributed by atoms with Crippen molar-refractivity contribution in [3.63, 3.8) is 0 Å². The molecule has 0 bridgehead atoms. The highest BCUT2D eigenvalue weighted by molar-refractivity contribution is 5.50. The molecule has 2 N–H and O–H groups in total. The third-order valence-corrected chi connectivity index (χ3v) is 3.43. The molecule has 0 amide bonds. The van der Waals surface area contributed by atoms with Gasteiger partial charge in [0.1, 0.15) is 5.82 Å². The number of aliphatic hydroxyl groups is 1. The number of hydrogen-bond acceptors (Lipinski definition) is 3. The molecule has 0 saturated carbocycles. The molecule has 4 heteroatoms. The van der Waals surface area contributed by atoms with Gasteiger partial charge in [0, 0.05) is 19.1 Å². The molecule has 0 fully saturated rings. The zero-order chi connectivity index (χ0) is 14.3. The molecular weight excluding hydrogens is 243 g/mol. The zero-order valence-corrected chi connectivity index (χ0v) is 12.1. The van der Waals surface area contributed by atoms with E-state index in [4.69, 9.17) is 0 Å². The van der Waals surface area contributed by atoms with Crippen molar-refractivity contribution < 1.29 is 9.50 Å². The summed E-state index contributed by atoms with van der Waals surface area (Å²) >= 11 is 0. The van der Waals surface area contributed by atoms with Gasteiger partial charge in [0.15, 0.2) is 0 Å². The summed E-state index contributed by atoms with van der Waals surface area (Å²) in [6, 6.07) is 5.58. The van der Waals surface area contributed by atoms with E-state index in [0.717, 1.165) is 18.4 Å². The molecule has 0 aliphatic heterocycles. The first-order chi connectivity index (χ1) is 9.17. The summed E-state index contributed by atoms with van der Waals surface area (Å²) in [4.78, 5) is 1.97. The maximum absolute atomic E-state index is 14.2. The van der Waals surface area contributed by atoms with E-state index >= 15 is 0 Å². The fraction of sp³-hybridized carbons (Fsp3) is 0.600. The zero-order valence-electron chi connectivity index (χ0n) is 12.1. The van der Waals surface area contributed by atoms with Gasteiger partial charge in [0.2, 0.25) is 0 Å². The summed E-state index contributed by atoms with van der Waals surface area (Å²) in [5.41, 5.74) is 1.51. The second kappa shape index (κ2) is 8.12. The summed E-state index contributed by atoms with van der Waals surface area (Å²) < 4.78 is 14.2. The maximum Gasteiger partial charge on any atom is 0.146 e. The molecule has 0 heterocycles. The van der Waals surface area contributed by atoms with Crippen molar-refractivity contribution in [1.82, 2.24) is 5.32 Å². The Bertz CT molecular complexity index is 380. The second-order valence-corrected chi connectivity index (χ2v) is 4.70. The first kappa shape index (κ1) is 15.9. The van der Waals surface area contributed by atoms with Crippen LogP contribution in [0.25, 0.3) is 0 Å². The fourth-order valence-electron chi connectivity index (χ4n) is 2.43. The van der Waals surface area contributed by atoms with Gasteiger partial charge in [-0.1, -0.05) is 19.9 Å². The summed E-state index contributed by atoms with van der Waals surface area (Å²) in [5, 5.41) is 12.2. The van der Waals surface area contributed by atoms with Crippen LogP contribution in [-0.2, 0) is 6.54 Å². The van der Waals surface area contributed by atoms with Gasteiger partial charge >= 0.3 is 0 Å². The number of halogens is 1. The minimum absolute atomic E-state index is 0.0359. The Balaban J connectivity index is 3.01. The highest BCUT2D eigenvalue weighted by atomic mass is 19.1. The Morgan fingerprint density at radius 3 is 2.47 bits per heavy atom. The molecule has 0 saturated heterocycles. The quantitative estimate of drug-likeness (QED) is 0.760. The van der Waals surface area contributed by atoms with E-state index in [1.54, 1.807) is 6.07 Å². The Labute approximate surface area is 115 Å². The average molecular weight is 268 g/mol. The molecule has 0 aromatic heterocycles. The molecule has 1 aromatic carbocycles. The van der Waals surface area contributed by atoms with Gasteiger partial charge in [-0.2, -0.15) is 0 Å². The van der Waals surface area contributed by atoms with Crippen LogP contribution in [0.4, 0.5) is 10.1 Å². The number of hydrogen-bond donors (Lipinski definition) is 2. The van der Waals surface area contributed by atoms with Crippen LogP contribution in [0.1, 0.15) is 32.3 Å². The Morgan fingerprint density at radius 2 is 2.00 bits per heavy atom. The van der Waals surface area contributed by atoms with Gasteiger partial charge in [-0.25, -0.2) is 4.39 Å². The maximum atomic E-state index is 14.2. The summed E-state index contributed by atoms with van der Waals surface area (Å²) in [6.45, 7) is 5.34. The van der Waals surface area contributed by atoms with E-state index in [0.29, 0.717) is 18.8 Å². The summed E-state index contributed by atoms with van der Waals surface area (Å²) in [5.74, 6) is -0.215. The molecule has 19 heavy (non-hydrogen) atoms. The molecule has 0 unspecified atom stereocenters. The van der Waals surface area contributed by atoms with Gasteiger partial charge in [-0.3, -0.25) is 0 Å². The molecular formula is C15H25FN2O. The van der Waals surface area contributed by atoms with Crippen LogP contribution in [0.15, 0.2) is 18.2 Å². The van der Waals surface area contributed by atoms with Crippen LogP contribution < -0.4 is 10.2 Å². The summed E-state index contributed by atoms with van der Waals surface area (Å²) in [7, 11) is 1.84. The lowest BCUT2D eigenvalue weighted by Crippen LogP contribution is -2.37. The number of benzene rings is 1. The first-order valence-corrected chi connectivity index (χ1v) is 6.98. The van der Waals surface area contributed by atoms with Crippen molar-refractivity contribution in [3.05, 3.63) is 29.6 Å². The monoisotopic (exact) mass is 268 g/mol. The predicted octanol–water partition coefficient (Wildman–Crippen LogP) is 2.53. The van der Waals surface area contributed by atoms with E-state index in [9.17, 15) is 9.50 Å². The third kappa shape index (κ3) is 4.18. The molecule has 0 spiro atoms. The Morgan fingerprint density at radius 1 is 1.32 bits per heavy atom. The van der Waals surface area contributed by atoms with Crippen LogP contribution in [0.2, 0.25) is 0 Å². The molecule has 108 valence electrons. The molecule has 1 aromatic rings. The highest BCUT2D eigenvalue weighted by Gasteiger charge is 2.18. The normalized spacial score (nSPS) is 11.1. The van der Waals surface area contributed by atoms with E-state index in [2.05, 4.69) is 19.2 Å². The molecule has 0 atom stereocenters. The molecule has 1 rings (SSSR count). The molecule has 0 aliphatic rings. The highest BCUT2D eigenvalue weighted by Crippen LogP contribution is 2.24. The third-order valence-electron chi connectivity index (χ3n) is 3.43. The van der Waals surface area contributed by atoms with Crippen molar-refractivity contribution >= 4 is 5.69 Å². The lowest BCUT2D eigenvalue weighted by molar-refractivity contribution is 0.295. The van der Waals surface area contributed by atoms with Crippen LogP contribution in [0.5, 0.6) is 0 Å². The van der Waals surface area contributed by atoms with E-state index < -0.39 is 0 Å².